The molecule has 0 bridgehead atoms. The van der Waals surface area contributed by atoms with Gasteiger partial charge in [0.15, 0.2) is 0 Å². The van der Waals surface area contributed by atoms with Crippen molar-refractivity contribution in [3.05, 3.63) is 22.8 Å². The highest BCUT2D eigenvalue weighted by molar-refractivity contribution is 9.10. The van der Waals surface area contributed by atoms with Gasteiger partial charge in [0, 0.05) is 12.8 Å². The van der Waals surface area contributed by atoms with Gasteiger partial charge in [-0.3, -0.25) is 4.79 Å². The molecule has 3 nitrogen and oxygen atoms in total. The zero-order chi connectivity index (χ0) is 11.8. The van der Waals surface area contributed by atoms with Crippen LogP contribution < -0.4 is 5.32 Å². The lowest BCUT2D eigenvalue weighted by molar-refractivity contribution is -0.116. The number of hydrogen-bond acceptors (Lipinski definition) is 2. The normalized spacial score (nSPS) is 9.50. The van der Waals surface area contributed by atoms with Crippen LogP contribution in [0.4, 0.5) is 5.82 Å². The number of pyridine rings is 1. The Hall–Kier alpha value is -1.34. The van der Waals surface area contributed by atoms with Crippen LogP contribution in [0.5, 0.6) is 0 Å². The lowest BCUT2D eigenvalue weighted by Gasteiger charge is -2.03. The summed E-state index contributed by atoms with van der Waals surface area (Å²) in [6, 6.07) is 5.39. The molecule has 1 aromatic heterocycles. The van der Waals surface area contributed by atoms with Crippen molar-refractivity contribution >= 4 is 27.7 Å². The molecule has 16 heavy (non-hydrogen) atoms. The van der Waals surface area contributed by atoms with Crippen LogP contribution >= 0.6 is 15.9 Å². The van der Waals surface area contributed by atoms with Gasteiger partial charge in [-0.15, -0.1) is 12.3 Å². The van der Waals surface area contributed by atoms with E-state index in [0.29, 0.717) is 16.8 Å². The van der Waals surface area contributed by atoms with Gasteiger partial charge in [0.2, 0.25) is 5.91 Å². The maximum atomic E-state index is 11.5. The molecule has 0 radical (unpaired) electrons. The summed E-state index contributed by atoms with van der Waals surface area (Å²) in [7, 11) is 0. The summed E-state index contributed by atoms with van der Waals surface area (Å²) in [4.78, 5) is 15.6. The first-order chi connectivity index (χ1) is 7.72. The first-order valence-electron chi connectivity index (χ1n) is 5.08. The second kappa shape index (κ2) is 7.02. The van der Waals surface area contributed by atoms with Crippen molar-refractivity contribution in [2.75, 3.05) is 5.32 Å². The highest BCUT2D eigenvalue weighted by Crippen LogP contribution is 2.10. The van der Waals surface area contributed by atoms with Crippen molar-refractivity contribution in [3.8, 4) is 12.3 Å². The van der Waals surface area contributed by atoms with E-state index in [1.165, 1.54) is 0 Å². The lowest BCUT2D eigenvalue weighted by atomic mass is 10.2. The van der Waals surface area contributed by atoms with Crippen LogP contribution in [0.25, 0.3) is 0 Å². The number of anilines is 1. The van der Waals surface area contributed by atoms with E-state index >= 15 is 0 Å². The highest BCUT2D eigenvalue weighted by Gasteiger charge is 2.02. The van der Waals surface area contributed by atoms with E-state index in [1.54, 1.807) is 6.07 Å². The van der Waals surface area contributed by atoms with E-state index in [1.807, 2.05) is 12.1 Å². The number of hydrogen-bond donors (Lipinski definition) is 1. The average molecular weight is 281 g/mol. The molecule has 0 spiro atoms. The molecule has 1 heterocycles. The third kappa shape index (κ3) is 4.94. The summed E-state index contributed by atoms with van der Waals surface area (Å²) in [5, 5.41) is 2.73. The summed E-state index contributed by atoms with van der Waals surface area (Å²) in [5.74, 6) is 3.09. The van der Waals surface area contributed by atoms with Crippen LogP contribution in [0.2, 0.25) is 0 Å². The van der Waals surface area contributed by atoms with E-state index < -0.39 is 0 Å². The minimum absolute atomic E-state index is 0.0254. The van der Waals surface area contributed by atoms with Crippen LogP contribution in [0.1, 0.15) is 25.7 Å². The summed E-state index contributed by atoms with van der Waals surface area (Å²) in [6.07, 6.45) is 8.02. The summed E-state index contributed by atoms with van der Waals surface area (Å²) < 4.78 is 0.706. The fourth-order valence-corrected chi connectivity index (χ4v) is 1.54. The van der Waals surface area contributed by atoms with Crippen molar-refractivity contribution < 1.29 is 4.79 Å². The molecule has 1 aromatic rings. The first-order valence-corrected chi connectivity index (χ1v) is 5.87. The third-order valence-electron chi connectivity index (χ3n) is 1.96. The monoisotopic (exact) mass is 280 g/mol. The number of terminal acetylenes is 1. The molecule has 84 valence electrons. The Morgan fingerprint density at radius 3 is 3.00 bits per heavy atom. The van der Waals surface area contributed by atoms with E-state index in [0.717, 1.165) is 19.3 Å². The number of carbonyl (C=O) groups is 1. The Kier molecular flexibility index (Phi) is 5.58. The van der Waals surface area contributed by atoms with Crippen LogP contribution in [0.3, 0.4) is 0 Å². The molecule has 0 unspecified atom stereocenters. The van der Waals surface area contributed by atoms with Gasteiger partial charge in [0.1, 0.15) is 10.4 Å². The van der Waals surface area contributed by atoms with Crippen molar-refractivity contribution in [2.24, 2.45) is 0 Å². The molecule has 4 heteroatoms. The molecular weight excluding hydrogens is 268 g/mol. The summed E-state index contributed by atoms with van der Waals surface area (Å²) >= 11 is 3.24. The molecule has 1 amide bonds. The molecule has 0 saturated carbocycles. The second-order valence-electron chi connectivity index (χ2n) is 3.30. The number of halogens is 1. The van der Waals surface area contributed by atoms with E-state index in [4.69, 9.17) is 6.42 Å². The van der Waals surface area contributed by atoms with Gasteiger partial charge in [-0.2, -0.15) is 0 Å². The van der Waals surface area contributed by atoms with Crippen molar-refractivity contribution in [2.45, 2.75) is 25.7 Å². The van der Waals surface area contributed by atoms with Gasteiger partial charge >= 0.3 is 0 Å². The number of carbonyl (C=O) groups excluding carboxylic acids is 1. The van der Waals surface area contributed by atoms with Crippen molar-refractivity contribution in [1.29, 1.82) is 0 Å². The maximum absolute atomic E-state index is 11.5. The topological polar surface area (TPSA) is 42.0 Å². The van der Waals surface area contributed by atoms with Crippen molar-refractivity contribution in [1.82, 2.24) is 4.98 Å². The molecule has 0 saturated heterocycles. The number of nitrogens with zero attached hydrogens (tertiary/aromatic N) is 1. The van der Waals surface area contributed by atoms with Gasteiger partial charge in [-0.1, -0.05) is 6.07 Å². The van der Waals surface area contributed by atoms with Gasteiger partial charge < -0.3 is 5.32 Å². The largest absolute Gasteiger partial charge is 0.311 e. The number of aromatic nitrogens is 1. The number of nitrogens with one attached hydrogen (secondary N) is 1. The summed E-state index contributed by atoms with van der Waals surface area (Å²) in [6.45, 7) is 0. The molecule has 0 fully saturated rings. The molecule has 1 N–H and O–H groups in total. The lowest BCUT2D eigenvalue weighted by Crippen LogP contribution is -2.12. The molecule has 1 rings (SSSR count). The smallest absolute Gasteiger partial charge is 0.225 e. The van der Waals surface area contributed by atoms with Crippen LogP contribution in [0, 0.1) is 12.3 Å². The fraction of sp³-hybridized carbons (Fsp3) is 0.333. The Morgan fingerprint density at radius 1 is 1.50 bits per heavy atom. The highest BCUT2D eigenvalue weighted by atomic mass is 79.9. The van der Waals surface area contributed by atoms with Crippen LogP contribution in [0.15, 0.2) is 22.8 Å². The third-order valence-corrected chi connectivity index (χ3v) is 2.40. The van der Waals surface area contributed by atoms with Gasteiger partial charge in [-0.05, 0) is 40.9 Å². The van der Waals surface area contributed by atoms with E-state index in [-0.39, 0.29) is 5.91 Å². The Balaban J connectivity index is 2.32. The minimum atomic E-state index is -0.0254. The predicted octanol–water partition coefficient (Wildman–Crippen LogP) is 2.98. The molecule has 0 atom stereocenters. The fourth-order valence-electron chi connectivity index (χ4n) is 1.20. The Labute approximate surface area is 104 Å². The second-order valence-corrected chi connectivity index (χ2v) is 4.12. The minimum Gasteiger partial charge on any atom is -0.311 e. The van der Waals surface area contributed by atoms with E-state index in [2.05, 4.69) is 32.2 Å². The van der Waals surface area contributed by atoms with Crippen molar-refractivity contribution in [3.63, 3.8) is 0 Å². The quantitative estimate of drug-likeness (QED) is 0.512. The SMILES string of the molecule is C#CCCCCC(=O)Nc1cccc(Br)n1. The Bertz CT molecular complexity index is 398. The maximum Gasteiger partial charge on any atom is 0.225 e. The molecule has 0 aromatic carbocycles. The first kappa shape index (κ1) is 12.7. The van der Waals surface area contributed by atoms with Gasteiger partial charge in [-0.25, -0.2) is 4.98 Å². The Morgan fingerprint density at radius 2 is 2.31 bits per heavy atom. The molecular formula is C12H13BrN2O. The number of amides is 1. The van der Waals surface area contributed by atoms with Gasteiger partial charge in [0.25, 0.3) is 0 Å². The van der Waals surface area contributed by atoms with Crippen LogP contribution in [-0.4, -0.2) is 10.9 Å². The van der Waals surface area contributed by atoms with Crippen LogP contribution in [-0.2, 0) is 4.79 Å². The molecule has 0 aliphatic carbocycles. The molecule has 0 aliphatic heterocycles. The van der Waals surface area contributed by atoms with Gasteiger partial charge in [0.05, 0.1) is 0 Å². The average Bonchev–Trinajstić information content (AvgIpc) is 2.24. The zero-order valence-corrected chi connectivity index (χ0v) is 10.5. The molecule has 0 aliphatic rings. The van der Waals surface area contributed by atoms with E-state index in [9.17, 15) is 4.79 Å². The number of unbranched alkanes of at least 4 members (excludes halogenated alkanes) is 2. The zero-order valence-electron chi connectivity index (χ0n) is 8.87. The summed E-state index contributed by atoms with van der Waals surface area (Å²) in [5.41, 5.74) is 0. The standard InChI is InChI=1S/C12H13BrN2O/c1-2-3-4-5-9-12(16)15-11-8-6-7-10(13)14-11/h1,6-8H,3-5,9H2,(H,14,15,16). The predicted molar refractivity (Wildman–Crippen MR) is 67.9 cm³/mol. The number of rotatable bonds is 5.